The van der Waals surface area contributed by atoms with Crippen molar-refractivity contribution in [3.8, 4) is 0 Å². The Kier molecular flexibility index (Phi) is 5.72. The summed E-state index contributed by atoms with van der Waals surface area (Å²) in [4.78, 5) is 0. The van der Waals surface area contributed by atoms with E-state index in [-0.39, 0.29) is 0 Å². The molecule has 0 unspecified atom stereocenters. The fourth-order valence-electron chi connectivity index (χ4n) is 4.74. The van der Waals surface area contributed by atoms with Crippen molar-refractivity contribution in [2.75, 3.05) is 6.54 Å². The first-order valence-electron chi connectivity index (χ1n) is 10.2. The second kappa shape index (κ2) is 8.38. The Morgan fingerprint density at radius 1 is 0.667 bits per heavy atom. The predicted octanol–water partition coefficient (Wildman–Crippen LogP) is 5.16. The van der Waals surface area contributed by atoms with Crippen molar-refractivity contribution in [1.82, 2.24) is 4.67 Å². The number of nitrogens with zero attached hydrogens (tertiary/aromatic N) is 1. The van der Waals surface area contributed by atoms with E-state index in [2.05, 4.69) is 103 Å². The van der Waals surface area contributed by atoms with Crippen LogP contribution in [-0.2, 0) is 0 Å². The van der Waals surface area contributed by atoms with Gasteiger partial charge >= 0.3 is 0 Å². The van der Waals surface area contributed by atoms with Crippen LogP contribution in [0.5, 0.6) is 0 Å². The summed E-state index contributed by atoms with van der Waals surface area (Å²) in [5.74, 6) is 0. The smallest absolute Gasteiger partial charge is 0.163 e. The van der Waals surface area contributed by atoms with Crippen molar-refractivity contribution in [2.45, 2.75) is 38.6 Å². The van der Waals surface area contributed by atoms with Gasteiger partial charge in [-0.25, -0.2) is 0 Å². The van der Waals surface area contributed by atoms with Crippen LogP contribution in [0, 0.1) is 0 Å². The summed E-state index contributed by atoms with van der Waals surface area (Å²) >= 11 is 0. The summed E-state index contributed by atoms with van der Waals surface area (Å²) in [6.07, 6.45) is 5.36. The van der Waals surface area contributed by atoms with E-state index in [1.54, 1.807) is 0 Å². The van der Waals surface area contributed by atoms with Crippen molar-refractivity contribution in [1.29, 1.82) is 0 Å². The van der Waals surface area contributed by atoms with Gasteiger partial charge in [-0.3, -0.25) is 0 Å². The minimum absolute atomic E-state index is 0.670. The minimum atomic E-state index is -1.88. The Balaban J connectivity index is 2.02. The predicted molar refractivity (Wildman–Crippen MR) is 120 cm³/mol. The van der Waals surface area contributed by atoms with Gasteiger partial charge in [0.15, 0.2) is 7.41 Å². The molecule has 0 radical (unpaired) electrons. The third-order valence-corrected chi connectivity index (χ3v) is 10.4. The van der Waals surface area contributed by atoms with Crippen LogP contribution in [0.4, 0.5) is 0 Å². The van der Waals surface area contributed by atoms with Crippen molar-refractivity contribution in [3.05, 3.63) is 91.0 Å². The van der Waals surface area contributed by atoms with Gasteiger partial charge in [0.1, 0.15) is 15.9 Å². The fraction of sp³-hybridized carbons (Fsp3) is 0.280. The molecule has 1 nitrogen and oxygen atoms in total. The maximum absolute atomic E-state index is 2.88. The number of hydrogen-bond donors (Lipinski definition) is 0. The lowest BCUT2D eigenvalue weighted by atomic mass is 10.2. The number of benzene rings is 3. The molecule has 27 heavy (non-hydrogen) atoms. The van der Waals surface area contributed by atoms with Crippen LogP contribution in [0.2, 0.25) is 0 Å². The molecule has 2 heteroatoms. The zero-order valence-corrected chi connectivity index (χ0v) is 17.1. The van der Waals surface area contributed by atoms with E-state index in [4.69, 9.17) is 0 Å². The van der Waals surface area contributed by atoms with Gasteiger partial charge in [0, 0.05) is 12.6 Å². The summed E-state index contributed by atoms with van der Waals surface area (Å²) in [6.45, 7) is 3.43. The topological polar surface area (TPSA) is 3.24 Å². The number of hydrogen-bond acceptors (Lipinski definition) is 1. The quantitative estimate of drug-likeness (QED) is 0.539. The monoisotopic (exact) mass is 374 g/mol. The molecule has 0 N–H and O–H groups in total. The lowest BCUT2D eigenvalue weighted by Gasteiger charge is -2.39. The van der Waals surface area contributed by atoms with Gasteiger partial charge in [0.2, 0.25) is 0 Å². The Morgan fingerprint density at radius 3 is 1.37 bits per heavy atom. The average Bonchev–Trinajstić information content (AvgIpc) is 3.28. The summed E-state index contributed by atoms with van der Waals surface area (Å²) < 4.78 is 2.88. The standard InChI is InChI=1S/C25H29NP/c1-2-26(22-14-12-13-15-22)27(23-16-6-3-7-17-23,24-18-8-4-9-19-24)25-20-10-5-11-21-25/h3-11,16-22H,2,12-15H2,1H3/q+1. The van der Waals surface area contributed by atoms with Crippen LogP contribution in [0.25, 0.3) is 0 Å². The van der Waals surface area contributed by atoms with Gasteiger partial charge in [0.25, 0.3) is 0 Å². The Hall–Kier alpha value is -1.95. The molecular weight excluding hydrogens is 345 g/mol. The molecule has 0 heterocycles. The molecule has 1 aliphatic carbocycles. The van der Waals surface area contributed by atoms with Crippen LogP contribution < -0.4 is 15.9 Å². The highest BCUT2D eigenvalue weighted by Gasteiger charge is 2.53. The highest BCUT2D eigenvalue weighted by molar-refractivity contribution is 7.93. The van der Waals surface area contributed by atoms with E-state index in [0.717, 1.165) is 6.54 Å². The van der Waals surface area contributed by atoms with Gasteiger partial charge in [0.05, 0.1) is 0 Å². The SMILES string of the molecule is CCN(C1CCCC1)[P+](c1ccccc1)(c1ccccc1)c1ccccc1. The molecule has 1 saturated carbocycles. The molecule has 0 saturated heterocycles. The Bertz CT molecular complexity index is 729. The van der Waals surface area contributed by atoms with Crippen molar-refractivity contribution >= 4 is 23.3 Å². The lowest BCUT2D eigenvalue weighted by Crippen LogP contribution is -2.47. The summed E-state index contributed by atoms with van der Waals surface area (Å²) in [5, 5.41) is 4.41. The molecule has 0 amide bonds. The summed E-state index contributed by atoms with van der Waals surface area (Å²) in [7, 11) is -1.88. The third-order valence-electron chi connectivity index (χ3n) is 5.85. The van der Waals surface area contributed by atoms with Crippen LogP contribution in [-0.4, -0.2) is 17.3 Å². The molecule has 0 bridgehead atoms. The Labute approximate surface area is 164 Å². The van der Waals surface area contributed by atoms with E-state index in [1.807, 2.05) is 0 Å². The van der Waals surface area contributed by atoms with Crippen LogP contribution in [0.15, 0.2) is 91.0 Å². The second-order valence-corrected chi connectivity index (χ2v) is 10.7. The summed E-state index contributed by atoms with van der Waals surface area (Å²) in [5.41, 5.74) is 0. The maximum Gasteiger partial charge on any atom is 0.181 e. The van der Waals surface area contributed by atoms with Crippen molar-refractivity contribution in [3.63, 3.8) is 0 Å². The molecule has 3 aromatic rings. The van der Waals surface area contributed by atoms with Gasteiger partial charge in [-0.15, -0.1) is 0 Å². The second-order valence-electron chi connectivity index (χ2n) is 7.34. The van der Waals surface area contributed by atoms with E-state index in [1.165, 1.54) is 41.6 Å². The molecular formula is C25H29NP+. The molecule has 1 aliphatic rings. The molecule has 0 atom stereocenters. The Morgan fingerprint density at radius 2 is 1.04 bits per heavy atom. The van der Waals surface area contributed by atoms with Gasteiger partial charge < -0.3 is 0 Å². The first kappa shape index (κ1) is 18.4. The normalized spacial score (nSPS) is 15.3. The van der Waals surface area contributed by atoms with E-state index in [0.29, 0.717) is 6.04 Å². The van der Waals surface area contributed by atoms with Crippen LogP contribution in [0.1, 0.15) is 32.6 Å². The van der Waals surface area contributed by atoms with E-state index >= 15 is 0 Å². The third kappa shape index (κ3) is 3.35. The first-order chi connectivity index (χ1) is 13.4. The van der Waals surface area contributed by atoms with Crippen molar-refractivity contribution < 1.29 is 0 Å². The average molecular weight is 374 g/mol. The first-order valence-corrected chi connectivity index (χ1v) is 11.9. The molecule has 0 spiro atoms. The number of rotatable bonds is 6. The van der Waals surface area contributed by atoms with Crippen LogP contribution >= 0.6 is 7.41 Å². The molecule has 1 fully saturated rings. The van der Waals surface area contributed by atoms with Gasteiger partial charge in [-0.2, -0.15) is 4.67 Å². The van der Waals surface area contributed by atoms with Crippen LogP contribution in [0.3, 0.4) is 0 Å². The fourth-order valence-corrected chi connectivity index (χ4v) is 9.48. The van der Waals surface area contributed by atoms with Gasteiger partial charge in [-0.05, 0) is 56.2 Å². The molecule has 0 aliphatic heterocycles. The van der Waals surface area contributed by atoms with E-state index in [9.17, 15) is 0 Å². The largest absolute Gasteiger partial charge is 0.181 e. The lowest BCUT2D eigenvalue weighted by molar-refractivity contribution is 0.360. The molecule has 3 aromatic carbocycles. The highest BCUT2D eigenvalue weighted by Crippen LogP contribution is 2.60. The van der Waals surface area contributed by atoms with Crippen molar-refractivity contribution in [2.24, 2.45) is 0 Å². The maximum atomic E-state index is 2.88. The van der Waals surface area contributed by atoms with E-state index < -0.39 is 7.41 Å². The van der Waals surface area contributed by atoms with Gasteiger partial charge in [-0.1, -0.05) is 67.4 Å². The molecule has 0 aromatic heterocycles. The summed E-state index contributed by atoms with van der Waals surface area (Å²) in [6, 6.07) is 34.4. The minimum Gasteiger partial charge on any atom is -0.163 e. The molecule has 138 valence electrons. The highest BCUT2D eigenvalue weighted by atomic mass is 31.2. The molecule has 4 rings (SSSR count). The zero-order valence-electron chi connectivity index (χ0n) is 16.2. The zero-order chi connectivity index (χ0) is 18.5.